The van der Waals surface area contributed by atoms with Crippen molar-refractivity contribution in [2.24, 2.45) is 17.3 Å². The summed E-state index contributed by atoms with van der Waals surface area (Å²) in [5, 5.41) is 0. The van der Waals surface area contributed by atoms with Crippen LogP contribution in [0.15, 0.2) is 72.8 Å². The summed E-state index contributed by atoms with van der Waals surface area (Å²) in [4.78, 5) is 25.9. The Kier molecular flexibility index (Phi) is 7.37. The van der Waals surface area contributed by atoms with Gasteiger partial charge < -0.3 is 9.47 Å². The van der Waals surface area contributed by atoms with E-state index in [-0.39, 0.29) is 43.3 Å². The predicted octanol–water partition coefficient (Wildman–Crippen LogP) is 5.04. The highest BCUT2D eigenvalue weighted by atomic mass is 16.5. The van der Waals surface area contributed by atoms with Gasteiger partial charge in [-0.1, -0.05) is 92.5 Å². The normalized spacial score (nSPS) is 23.9. The van der Waals surface area contributed by atoms with E-state index in [4.69, 9.17) is 17.3 Å². The van der Waals surface area contributed by atoms with Crippen LogP contribution in [0.3, 0.4) is 0 Å². The summed E-state index contributed by atoms with van der Waals surface area (Å²) in [6.45, 7) is 8.35. The van der Waals surface area contributed by atoms with E-state index in [9.17, 15) is 9.59 Å². The molecule has 0 saturated heterocycles. The zero-order valence-corrected chi connectivity index (χ0v) is 18.3. The first-order valence-corrected chi connectivity index (χ1v) is 10.6. The van der Waals surface area contributed by atoms with E-state index < -0.39 is 11.3 Å². The van der Waals surface area contributed by atoms with Gasteiger partial charge in [-0.15, -0.1) is 0 Å². The number of benzene rings is 2. The van der Waals surface area contributed by atoms with Gasteiger partial charge in [0, 0.05) is 0 Å². The third-order valence-corrected chi connectivity index (χ3v) is 6.05. The second-order valence-corrected chi connectivity index (χ2v) is 8.77. The summed E-state index contributed by atoms with van der Waals surface area (Å²) >= 11 is 0. The third-order valence-electron chi connectivity index (χ3n) is 6.05. The molecule has 1 aliphatic rings. The van der Waals surface area contributed by atoms with Crippen molar-refractivity contribution in [3.63, 3.8) is 0 Å². The molecule has 2 aromatic rings. The molecule has 5 heteroatoms. The van der Waals surface area contributed by atoms with Crippen molar-refractivity contribution in [2.45, 2.75) is 45.7 Å². The Bertz CT molecular complexity index is 910. The van der Waals surface area contributed by atoms with E-state index in [0.717, 1.165) is 16.7 Å². The number of carbonyl (C=O) groups is 2. The number of esters is 2. The number of ether oxygens (including phenoxy) is 2. The van der Waals surface area contributed by atoms with Gasteiger partial charge in [-0.05, 0) is 28.9 Å². The van der Waals surface area contributed by atoms with Crippen molar-refractivity contribution in [1.82, 2.24) is 0 Å². The lowest BCUT2D eigenvalue weighted by atomic mass is 9.67. The quantitative estimate of drug-likeness (QED) is 0.344. The molecule has 0 N–H and O–H groups in total. The minimum absolute atomic E-state index is 0.104. The van der Waals surface area contributed by atoms with Crippen molar-refractivity contribution < 1.29 is 19.1 Å². The van der Waals surface area contributed by atoms with Crippen molar-refractivity contribution in [1.29, 1.82) is 0 Å². The summed E-state index contributed by atoms with van der Waals surface area (Å²) < 4.78 is 11.2. The molecule has 4 nitrogen and oxygen atoms in total. The Balaban J connectivity index is 1.71. The number of carbonyl (C=O) groups excluding carboxylic acids is 2. The minimum Gasteiger partial charge on any atom is -0.461 e. The van der Waals surface area contributed by atoms with Gasteiger partial charge in [0.05, 0.1) is 20.2 Å². The Labute approximate surface area is 186 Å². The molecule has 0 heterocycles. The molecule has 0 aliphatic heterocycles. The molecule has 3 rings (SSSR count). The van der Waals surface area contributed by atoms with E-state index >= 15 is 0 Å². The van der Waals surface area contributed by atoms with Crippen LogP contribution in [0.2, 0.25) is 5.82 Å². The molecule has 2 unspecified atom stereocenters. The van der Waals surface area contributed by atoms with Crippen LogP contribution in [0.1, 0.15) is 37.8 Å². The molecule has 4 atom stereocenters. The van der Waals surface area contributed by atoms with Gasteiger partial charge in [-0.3, -0.25) is 9.59 Å². The topological polar surface area (TPSA) is 52.6 Å². The molecular weight excluding hydrogens is 387 g/mol. The molecule has 2 aromatic carbocycles. The largest absolute Gasteiger partial charge is 0.461 e. The van der Waals surface area contributed by atoms with Gasteiger partial charge in [0.25, 0.3) is 0 Å². The molecule has 2 radical (unpaired) electrons. The van der Waals surface area contributed by atoms with Crippen LogP contribution in [-0.2, 0) is 32.3 Å². The fourth-order valence-electron chi connectivity index (χ4n) is 4.63. The fourth-order valence-corrected chi connectivity index (χ4v) is 4.63. The van der Waals surface area contributed by atoms with Gasteiger partial charge in [0.1, 0.15) is 13.2 Å². The molecule has 31 heavy (non-hydrogen) atoms. The van der Waals surface area contributed by atoms with Crippen LogP contribution < -0.4 is 0 Å². The zero-order chi connectivity index (χ0) is 22.4. The number of rotatable bonds is 8. The van der Waals surface area contributed by atoms with Crippen LogP contribution in [0.4, 0.5) is 0 Å². The van der Waals surface area contributed by atoms with Crippen LogP contribution in [0.25, 0.3) is 0 Å². The molecule has 1 fully saturated rings. The van der Waals surface area contributed by atoms with E-state index in [1.54, 1.807) is 0 Å². The fraction of sp³-hybridized carbons (Fsp3) is 0.385. The number of allylic oxidation sites excluding steroid dienone is 1. The first-order valence-electron chi connectivity index (χ1n) is 10.6. The molecule has 0 aromatic heterocycles. The third kappa shape index (κ3) is 5.66. The maximum atomic E-state index is 13.2. The van der Waals surface area contributed by atoms with Crippen molar-refractivity contribution in [2.75, 3.05) is 0 Å². The maximum Gasteiger partial charge on any atom is 0.310 e. The monoisotopic (exact) mass is 416 g/mol. The van der Waals surface area contributed by atoms with E-state index in [1.165, 1.54) is 0 Å². The first kappa shape index (κ1) is 22.9. The number of hydrogen-bond acceptors (Lipinski definition) is 4. The molecular formula is C26H29BO4. The Morgan fingerprint density at radius 1 is 1.03 bits per heavy atom. The highest BCUT2D eigenvalue weighted by Gasteiger charge is 2.53. The van der Waals surface area contributed by atoms with Crippen LogP contribution in [0, 0.1) is 17.3 Å². The Hall–Kier alpha value is -2.82. The molecule has 0 spiro atoms. The molecule has 160 valence electrons. The van der Waals surface area contributed by atoms with E-state index in [0.29, 0.717) is 6.42 Å². The highest BCUT2D eigenvalue weighted by molar-refractivity contribution is 6.12. The Morgan fingerprint density at radius 2 is 1.55 bits per heavy atom. The SMILES string of the molecule is [B][C@H](C)C1C(=C)C[C@@](C)(CC(=O)OCc2ccccc2)C1C(=O)OCc1ccccc1. The van der Waals surface area contributed by atoms with Gasteiger partial charge in [0.2, 0.25) is 0 Å². The second-order valence-electron chi connectivity index (χ2n) is 8.77. The number of hydrogen-bond donors (Lipinski definition) is 0. The van der Waals surface area contributed by atoms with Crippen molar-refractivity contribution in [3.8, 4) is 0 Å². The van der Waals surface area contributed by atoms with E-state index in [1.807, 2.05) is 74.5 Å². The predicted molar refractivity (Wildman–Crippen MR) is 121 cm³/mol. The van der Waals surface area contributed by atoms with Gasteiger partial charge in [-0.2, -0.15) is 0 Å². The molecule has 0 bridgehead atoms. The summed E-state index contributed by atoms with van der Waals surface area (Å²) in [5.74, 6) is -1.75. The summed E-state index contributed by atoms with van der Waals surface area (Å²) in [7, 11) is 6.23. The smallest absolute Gasteiger partial charge is 0.310 e. The standard InChI is InChI=1S/C26H29BO4/c1-18-14-26(3,15-22(28)30-16-20-10-6-4-7-11-20)24(23(18)19(2)27)25(29)31-17-21-12-8-5-9-13-21/h4-13,19,23-24H,1,14-17H2,2-3H3/t19-,23?,24?,26+/m1/s1. The van der Waals surface area contributed by atoms with Crippen LogP contribution in [-0.4, -0.2) is 19.8 Å². The van der Waals surface area contributed by atoms with Crippen LogP contribution >= 0.6 is 0 Å². The lowest BCUT2D eigenvalue weighted by molar-refractivity contribution is -0.158. The average Bonchev–Trinajstić information content (AvgIpc) is 3.02. The summed E-state index contributed by atoms with van der Waals surface area (Å²) in [6.07, 6.45) is 0.637. The lowest BCUT2D eigenvalue weighted by Crippen LogP contribution is -2.37. The minimum atomic E-state index is -0.656. The highest BCUT2D eigenvalue weighted by Crippen LogP contribution is 2.55. The summed E-state index contributed by atoms with van der Waals surface area (Å²) in [6, 6.07) is 19.1. The summed E-state index contributed by atoms with van der Waals surface area (Å²) in [5.41, 5.74) is 2.06. The maximum absolute atomic E-state index is 13.2. The van der Waals surface area contributed by atoms with Gasteiger partial charge in [0.15, 0.2) is 0 Å². The van der Waals surface area contributed by atoms with Crippen molar-refractivity contribution >= 4 is 19.8 Å². The first-order chi connectivity index (χ1) is 14.8. The van der Waals surface area contributed by atoms with Gasteiger partial charge in [-0.25, -0.2) is 0 Å². The van der Waals surface area contributed by atoms with Crippen molar-refractivity contribution in [3.05, 3.63) is 83.9 Å². The Morgan fingerprint density at radius 3 is 2.06 bits per heavy atom. The zero-order valence-electron chi connectivity index (χ0n) is 18.3. The average molecular weight is 416 g/mol. The molecule has 1 aliphatic carbocycles. The van der Waals surface area contributed by atoms with E-state index in [2.05, 4.69) is 6.58 Å². The molecule has 1 saturated carbocycles. The van der Waals surface area contributed by atoms with Crippen LogP contribution in [0.5, 0.6) is 0 Å². The second kappa shape index (κ2) is 9.99. The lowest BCUT2D eigenvalue weighted by Gasteiger charge is -2.33. The van der Waals surface area contributed by atoms with Gasteiger partial charge >= 0.3 is 11.9 Å². The molecule has 0 amide bonds.